The highest BCUT2D eigenvalue weighted by Gasteiger charge is 2.48. The zero-order chi connectivity index (χ0) is 13.3. The van der Waals surface area contributed by atoms with E-state index in [0.717, 1.165) is 5.69 Å². The monoisotopic (exact) mass is 235 g/mol. The predicted molar refractivity (Wildman–Crippen MR) is 70.3 cm³/mol. The van der Waals surface area contributed by atoms with Gasteiger partial charge in [0.2, 0.25) is 0 Å². The molecule has 0 aliphatic carbocycles. The molecule has 0 heterocycles. The van der Waals surface area contributed by atoms with Crippen LogP contribution in [0.4, 0.5) is 5.69 Å². The summed E-state index contributed by atoms with van der Waals surface area (Å²) in [5.74, 6) is -0.809. The summed E-state index contributed by atoms with van der Waals surface area (Å²) < 4.78 is 0. The Bertz CT molecular complexity index is 394. The van der Waals surface area contributed by atoms with Crippen LogP contribution in [0.2, 0.25) is 0 Å². The number of benzene rings is 1. The predicted octanol–water partition coefficient (Wildman–Crippen LogP) is 3.01. The number of nitrogens with zero attached hydrogens (tertiary/aromatic N) is 1. The van der Waals surface area contributed by atoms with Crippen molar-refractivity contribution in [1.82, 2.24) is 0 Å². The summed E-state index contributed by atoms with van der Waals surface area (Å²) in [6.45, 7) is 7.60. The van der Waals surface area contributed by atoms with E-state index < -0.39 is 11.5 Å². The van der Waals surface area contributed by atoms with E-state index in [9.17, 15) is 9.90 Å². The molecule has 0 aliphatic heterocycles. The van der Waals surface area contributed by atoms with Gasteiger partial charge >= 0.3 is 5.97 Å². The molecule has 0 saturated heterocycles. The molecule has 0 aliphatic rings. The first kappa shape index (κ1) is 13.6. The van der Waals surface area contributed by atoms with Crippen molar-refractivity contribution < 1.29 is 9.90 Å². The average Bonchev–Trinajstić information content (AvgIpc) is 2.26. The van der Waals surface area contributed by atoms with Gasteiger partial charge in [0.05, 0.1) is 0 Å². The number of carbonyl (C=O) groups is 1. The van der Waals surface area contributed by atoms with E-state index in [1.807, 2.05) is 63.1 Å². The maximum absolute atomic E-state index is 11.6. The lowest BCUT2D eigenvalue weighted by Crippen LogP contribution is -2.59. The Balaban J connectivity index is 3.23. The number of likely N-dealkylation sites (N-methyl/N-ethyl adjacent to an activating group) is 1. The van der Waals surface area contributed by atoms with Crippen molar-refractivity contribution in [1.29, 1.82) is 0 Å². The van der Waals surface area contributed by atoms with Crippen molar-refractivity contribution in [3.63, 3.8) is 0 Å². The molecular formula is C14H21NO2. The summed E-state index contributed by atoms with van der Waals surface area (Å²) in [5, 5.41) is 9.56. The summed E-state index contributed by atoms with van der Waals surface area (Å²) in [6.07, 6.45) is 0. The molecule has 1 aromatic rings. The van der Waals surface area contributed by atoms with Crippen LogP contribution in [-0.2, 0) is 4.79 Å². The van der Waals surface area contributed by atoms with Crippen molar-refractivity contribution >= 4 is 11.7 Å². The van der Waals surface area contributed by atoms with Gasteiger partial charge in [0, 0.05) is 12.7 Å². The molecular weight excluding hydrogens is 214 g/mol. The molecule has 1 rings (SSSR count). The maximum atomic E-state index is 11.6. The summed E-state index contributed by atoms with van der Waals surface area (Å²) in [5.41, 5.74) is -0.412. The van der Waals surface area contributed by atoms with Gasteiger partial charge in [-0.1, -0.05) is 39.0 Å². The summed E-state index contributed by atoms with van der Waals surface area (Å²) in [6, 6.07) is 9.60. The Labute approximate surface area is 103 Å². The molecule has 0 fully saturated rings. The highest BCUT2D eigenvalue weighted by molar-refractivity contribution is 5.84. The van der Waals surface area contributed by atoms with Crippen molar-refractivity contribution in [2.24, 2.45) is 5.41 Å². The number of aliphatic carboxylic acids is 1. The molecule has 1 aromatic carbocycles. The SMILES string of the molecule is CN(c1ccccc1)[C@](C)(C(=O)O)C(C)(C)C. The van der Waals surface area contributed by atoms with Crippen LogP contribution in [0.25, 0.3) is 0 Å². The summed E-state index contributed by atoms with van der Waals surface area (Å²) in [4.78, 5) is 13.5. The number of para-hydroxylation sites is 1. The number of carboxylic acid groups (broad SMARTS) is 1. The van der Waals surface area contributed by atoms with Crippen molar-refractivity contribution in [3.05, 3.63) is 30.3 Å². The Hall–Kier alpha value is -1.51. The van der Waals surface area contributed by atoms with Crippen LogP contribution in [0.3, 0.4) is 0 Å². The summed E-state index contributed by atoms with van der Waals surface area (Å²) >= 11 is 0. The maximum Gasteiger partial charge on any atom is 0.329 e. The molecule has 94 valence electrons. The van der Waals surface area contributed by atoms with Crippen LogP contribution in [0.1, 0.15) is 27.7 Å². The van der Waals surface area contributed by atoms with E-state index in [2.05, 4.69) is 0 Å². The molecule has 1 N–H and O–H groups in total. The number of hydrogen-bond donors (Lipinski definition) is 1. The fourth-order valence-corrected chi connectivity index (χ4v) is 1.88. The third-order valence-electron chi connectivity index (χ3n) is 3.69. The number of anilines is 1. The zero-order valence-corrected chi connectivity index (χ0v) is 11.2. The van der Waals surface area contributed by atoms with Gasteiger partial charge < -0.3 is 10.0 Å². The fourth-order valence-electron chi connectivity index (χ4n) is 1.88. The molecule has 0 radical (unpaired) electrons. The Morgan fingerprint density at radius 3 is 1.94 bits per heavy atom. The molecule has 0 amide bonds. The third kappa shape index (κ3) is 2.28. The number of rotatable bonds is 3. The summed E-state index contributed by atoms with van der Waals surface area (Å²) in [7, 11) is 1.83. The van der Waals surface area contributed by atoms with Gasteiger partial charge in [-0.15, -0.1) is 0 Å². The molecule has 17 heavy (non-hydrogen) atoms. The smallest absolute Gasteiger partial charge is 0.329 e. The fraction of sp³-hybridized carbons (Fsp3) is 0.500. The van der Waals surface area contributed by atoms with E-state index in [4.69, 9.17) is 0 Å². The molecule has 3 heteroatoms. The van der Waals surface area contributed by atoms with Crippen LogP contribution in [0.5, 0.6) is 0 Å². The lowest BCUT2D eigenvalue weighted by atomic mass is 9.73. The largest absolute Gasteiger partial charge is 0.479 e. The van der Waals surface area contributed by atoms with E-state index in [-0.39, 0.29) is 5.41 Å². The Kier molecular flexibility index (Phi) is 3.51. The van der Waals surface area contributed by atoms with Gasteiger partial charge in [0.25, 0.3) is 0 Å². The molecule has 0 saturated carbocycles. The first-order valence-electron chi connectivity index (χ1n) is 5.73. The van der Waals surface area contributed by atoms with Crippen LogP contribution in [0.15, 0.2) is 30.3 Å². The Morgan fingerprint density at radius 2 is 1.59 bits per heavy atom. The lowest BCUT2D eigenvalue weighted by molar-refractivity contribution is -0.146. The van der Waals surface area contributed by atoms with Crippen molar-refractivity contribution in [2.45, 2.75) is 33.2 Å². The van der Waals surface area contributed by atoms with Crippen LogP contribution in [0, 0.1) is 5.41 Å². The van der Waals surface area contributed by atoms with Gasteiger partial charge in [-0.2, -0.15) is 0 Å². The molecule has 0 bridgehead atoms. The van der Waals surface area contributed by atoms with Gasteiger partial charge in [-0.25, -0.2) is 4.79 Å². The minimum atomic E-state index is -0.950. The van der Waals surface area contributed by atoms with E-state index in [0.29, 0.717) is 0 Å². The second-order valence-electron chi connectivity index (χ2n) is 5.52. The molecule has 0 spiro atoms. The minimum Gasteiger partial charge on any atom is -0.479 e. The van der Waals surface area contributed by atoms with Gasteiger partial charge in [0.15, 0.2) is 0 Å². The van der Waals surface area contributed by atoms with Crippen molar-refractivity contribution in [3.8, 4) is 0 Å². The number of hydrogen-bond acceptors (Lipinski definition) is 2. The topological polar surface area (TPSA) is 40.5 Å². The van der Waals surface area contributed by atoms with E-state index in [1.54, 1.807) is 6.92 Å². The quantitative estimate of drug-likeness (QED) is 0.875. The van der Waals surface area contributed by atoms with Crippen LogP contribution in [-0.4, -0.2) is 23.7 Å². The number of carboxylic acids is 1. The second kappa shape index (κ2) is 4.40. The second-order valence-corrected chi connectivity index (χ2v) is 5.52. The minimum absolute atomic E-state index is 0.372. The Morgan fingerprint density at radius 1 is 1.12 bits per heavy atom. The lowest BCUT2D eigenvalue weighted by Gasteiger charge is -2.46. The third-order valence-corrected chi connectivity index (χ3v) is 3.69. The normalized spacial score (nSPS) is 15.1. The zero-order valence-electron chi connectivity index (χ0n) is 11.2. The molecule has 3 nitrogen and oxygen atoms in total. The average molecular weight is 235 g/mol. The van der Waals surface area contributed by atoms with Crippen LogP contribution < -0.4 is 4.90 Å². The highest BCUT2D eigenvalue weighted by atomic mass is 16.4. The molecule has 0 aromatic heterocycles. The molecule has 1 atom stereocenters. The highest BCUT2D eigenvalue weighted by Crippen LogP contribution is 2.37. The standard InChI is InChI=1S/C14H21NO2/c1-13(2,3)14(4,12(16)17)15(5)11-9-7-6-8-10-11/h6-10H,1-5H3,(H,16,17)/t14-/m1/s1. The van der Waals surface area contributed by atoms with Crippen LogP contribution >= 0.6 is 0 Å². The van der Waals surface area contributed by atoms with Gasteiger partial charge in [-0.05, 0) is 24.5 Å². The first-order valence-corrected chi connectivity index (χ1v) is 5.73. The van der Waals surface area contributed by atoms with E-state index >= 15 is 0 Å². The van der Waals surface area contributed by atoms with Gasteiger partial charge in [-0.3, -0.25) is 0 Å². The molecule has 0 unspecified atom stereocenters. The first-order chi connectivity index (χ1) is 7.71. The van der Waals surface area contributed by atoms with Gasteiger partial charge in [0.1, 0.15) is 5.54 Å². The van der Waals surface area contributed by atoms with Crippen molar-refractivity contribution in [2.75, 3.05) is 11.9 Å². The van der Waals surface area contributed by atoms with E-state index in [1.165, 1.54) is 0 Å².